The Kier molecular flexibility index (Phi) is 3.85. The Morgan fingerprint density at radius 2 is 1.92 bits per heavy atom. The number of carbonyl (C=O) groups excluding carboxylic acids is 1. The zero-order chi connectivity index (χ0) is 17.6. The van der Waals surface area contributed by atoms with Gasteiger partial charge in [0.1, 0.15) is 11.6 Å². The summed E-state index contributed by atoms with van der Waals surface area (Å²) in [5, 5.41) is 9.80. The fourth-order valence-corrected chi connectivity index (χ4v) is 3.44. The van der Waals surface area contributed by atoms with Crippen molar-refractivity contribution in [3.05, 3.63) is 62.0 Å². The van der Waals surface area contributed by atoms with Crippen LogP contribution in [0, 0.1) is 23.7 Å². The van der Waals surface area contributed by atoms with Gasteiger partial charge >= 0.3 is 0 Å². The van der Waals surface area contributed by atoms with E-state index in [-0.39, 0.29) is 16.8 Å². The number of halogens is 1. The summed E-state index contributed by atoms with van der Waals surface area (Å²) in [6.45, 7) is 5.89. The molecule has 1 aliphatic carbocycles. The van der Waals surface area contributed by atoms with Gasteiger partial charge in [0.15, 0.2) is 5.78 Å². The first kappa shape index (κ1) is 16.5. The molecule has 0 N–H and O–H groups in total. The number of Topliss-reactive ketones (excluding diaryl/α,β-unsaturated/α-hetero) is 1. The Hall–Kier alpha value is -2.38. The zero-order valence-electron chi connectivity index (χ0n) is 13.8. The smallest absolute Gasteiger partial charge is 0.273 e. The van der Waals surface area contributed by atoms with E-state index >= 15 is 0 Å². The summed E-state index contributed by atoms with van der Waals surface area (Å²) < 4.78 is 1.49. The number of rotatable bonds is 1. The first-order valence-corrected chi connectivity index (χ1v) is 8.10. The van der Waals surface area contributed by atoms with Gasteiger partial charge in [-0.1, -0.05) is 31.5 Å². The van der Waals surface area contributed by atoms with Gasteiger partial charge in [-0.25, -0.2) is 0 Å². The first-order chi connectivity index (χ1) is 11.2. The molecule has 0 saturated heterocycles. The third-order valence-electron chi connectivity index (χ3n) is 4.42. The van der Waals surface area contributed by atoms with Crippen LogP contribution in [0.5, 0.6) is 0 Å². The molecule has 0 atom stereocenters. The van der Waals surface area contributed by atoms with E-state index in [1.54, 1.807) is 12.1 Å². The Morgan fingerprint density at radius 3 is 2.58 bits per heavy atom. The van der Waals surface area contributed by atoms with Crippen molar-refractivity contribution in [1.82, 2.24) is 4.57 Å². The fraction of sp³-hybridized carbons (Fsp3) is 0.316. The number of pyridine rings is 1. The molecule has 24 heavy (non-hydrogen) atoms. The van der Waals surface area contributed by atoms with E-state index in [2.05, 4.69) is 0 Å². The number of carbonyl (C=O) groups is 1. The number of aromatic nitrogens is 1. The molecule has 0 amide bonds. The minimum absolute atomic E-state index is 0.0267. The van der Waals surface area contributed by atoms with Crippen molar-refractivity contribution < 1.29 is 4.79 Å². The minimum Gasteiger partial charge on any atom is -0.294 e. The maximum Gasteiger partial charge on any atom is 0.273 e. The zero-order valence-corrected chi connectivity index (χ0v) is 14.6. The molecule has 0 fully saturated rings. The van der Waals surface area contributed by atoms with E-state index in [0.717, 1.165) is 5.56 Å². The lowest BCUT2D eigenvalue weighted by Gasteiger charge is -2.32. The molecule has 0 spiro atoms. The van der Waals surface area contributed by atoms with E-state index in [1.807, 2.05) is 32.9 Å². The molecule has 1 aromatic carbocycles. The average molecular weight is 341 g/mol. The van der Waals surface area contributed by atoms with Crippen molar-refractivity contribution in [3.63, 3.8) is 0 Å². The van der Waals surface area contributed by atoms with Crippen LogP contribution in [0.3, 0.4) is 0 Å². The normalized spacial score (nSPS) is 15.7. The van der Waals surface area contributed by atoms with E-state index in [0.29, 0.717) is 34.8 Å². The highest BCUT2D eigenvalue weighted by Crippen LogP contribution is 2.35. The van der Waals surface area contributed by atoms with E-state index in [9.17, 15) is 14.9 Å². The molecule has 1 aromatic heterocycles. The van der Waals surface area contributed by atoms with Crippen LogP contribution in [-0.2, 0) is 6.42 Å². The maximum absolute atomic E-state index is 12.8. The maximum atomic E-state index is 12.8. The summed E-state index contributed by atoms with van der Waals surface area (Å²) in [6, 6.07) is 8.62. The molecule has 0 radical (unpaired) electrons. The molecule has 1 aliphatic rings. The van der Waals surface area contributed by atoms with Gasteiger partial charge < -0.3 is 0 Å². The Labute approximate surface area is 145 Å². The second kappa shape index (κ2) is 5.61. The molecule has 5 heteroatoms. The van der Waals surface area contributed by atoms with E-state index in [1.165, 1.54) is 10.6 Å². The van der Waals surface area contributed by atoms with Gasteiger partial charge in [0, 0.05) is 22.7 Å². The summed E-state index contributed by atoms with van der Waals surface area (Å²) in [4.78, 5) is 25.4. The molecule has 1 heterocycles. The molecule has 122 valence electrons. The second-order valence-corrected chi connectivity index (χ2v) is 7.48. The van der Waals surface area contributed by atoms with E-state index < -0.39 is 5.56 Å². The van der Waals surface area contributed by atoms with Crippen molar-refractivity contribution in [2.45, 2.75) is 33.6 Å². The summed E-state index contributed by atoms with van der Waals surface area (Å²) in [5.41, 5.74) is 1.92. The number of hydrogen-bond donors (Lipinski definition) is 0. The van der Waals surface area contributed by atoms with Gasteiger partial charge in [0.2, 0.25) is 0 Å². The number of ketones is 1. The fourth-order valence-electron chi connectivity index (χ4n) is 3.27. The van der Waals surface area contributed by atoms with Crippen LogP contribution >= 0.6 is 11.6 Å². The number of aryl methyl sites for hydroxylation is 1. The van der Waals surface area contributed by atoms with Crippen molar-refractivity contribution in [3.8, 4) is 11.8 Å². The lowest BCUT2D eigenvalue weighted by molar-refractivity contribution is 0.0908. The topological polar surface area (TPSA) is 62.9 Å². The van der Waals surface area contributed by atoms with Gasteiger partial charge in [0.25, 0.3) is 5.56 Å². The molecular weight excluding hydrogens is 324 g/mol. The lowest BCUT2D eigenvalue weighted by atomic mass is 9.75. The van der Waals surface area contributed by atoms with Crippen LogP contribution in [0.25, 0.3) is 5.69 Å². The summed E-state index contributed by atoms with van der Waals surface area (Å²) >= 11 is 6.11. The predicted molar refractivity (Wildman–Crippen MR) is 92.9 cm³/mol. The van der Waals surface area contributed by atoms with Crippen LogP contribution in [0.1, 0.15) is 47.4 Å². The minimum atomic E-state index is -0.410. The quantitative estimate of drug-likeness (QED) is 0.792. The summed E-state index contributed by atoms with van der Waals surface area (Å²) in [7, 11) is 0. The van der Waals surface area contributed by atoms with Gasteiger partial charge in [-0.05, 0) is 42.5 Å². The Bertz CT molecular complexity index is 965. The third-order valence-corrected chi connectivity index (χ3v) is 4.66. The molecular formula is C19H17ClN2O2. The van der Waals surface area contributed by atoms with Crippen molar-refractivity contribution >= 4 is 17.4 Å². The van der Waals surface area contributed by atoms with Gasteiger partial charge in [-0.15, -0.1) is 0 Å². The first-order valence-electron chi connectivity index (χ1n) is 7.72. The number of hydrogen-bond acceptors (Lipinski definition) is 3. The molecule has 0 saturated carbocycles. The van der Waals surface area contributed by atoms with E-state index in [4.69, 9.17) is 11.6 Å². The molecule has 0 unspecified atom stereocenters. The number of fused-ring (bicyclic) bond motifs is 1. The largest absolute Gasteiger partial charge is 0.294 e. The van der Waals surface area contributed by atoms with Crippen LogP contribution in [0.15, 0.2) is 29.1 Å². The van der Waals surface area contributed by atoms with Crippen molar-refractivity contribution in [1.29, 1.82) is 5.26 Å². The van der Waals surface area contributed by atoms with Gasteiger partial charge in [0.05, 0.1) is 5.69 Å². The van der Waals surface area contributed by atoms with Crippen molar-refractivity contribution in [2.24, 2.45) is 5.41 Å². The predicted octanol–water partition coefficient (Wildman–Crippen LogP) is 3.83. The summed E-state index contributed by atoms with van der Waals surface area (Å²) in [5.74, 6) is -0.0359. The summed E-state index contributed by atoms with van der Waals surface area (Å²) in [6.07, 6.45) is 0.985. The SMILES string of the molecule is Cc1ccc(Cl)cc1-n1c2c(cc(C#N)c1=O)C(=O)CC(C)(C)C2. The number of nitriles is 1. The van der Waals surface area contributed by atoms with Crippen LogP contribution in [0.2, 0.25) is 5.02 Å². The van der Waals surface area contributed by atoms with Gasteiger partial charge in [-0.2, -0.15) is 5.26 Å². The highest BCUT2D eigenvalue weighted by atomic mass is 35.5. The number of benzene rings is 1. The van der Waals surface area contributed by atoms with Crippen LogP contribution < -0.4 is 5.56 Å². The highest BCUT2D eigenvalue weighted by Gasteiger charge is 2.34. The monoisotopic (exact) mass is 340 g/mol. The Balaban J connectivity index is 2.44. The van der Waals surface area contributed by atoms with Gasteiger partial charge in [-0.3, -0.25) is 14.2 Å². The van der Waals surface area contributed by atoms with Crippen LogP contribution in [-0.4, -0.2) is 10.4 Å². The third kappa shape index (κ3) is 2.65. The standard InChI is InChI=1S/C19H17ClN2O2/c1-11-4-5-13(20)7-15(11)22-16-8-19(2,3)9-17(23)14(16)6-12(10-21)18(22)24/h4-7H,8-9H2,1-3H3. The molecule has 0 aliphatic heterocycles. The Morgan fingerprint density at radius 1 is 1.21 bits per heavy atom. The average Bonchev–Trinajstić information content (AvgIpc) is 2.49. The number of nitrogens with zero attached hydrogens (tertiary/aromatic N) is 2. The molecule has 3 rings (SSSR count). The lowest BCUT2D eigenvalue weighted by Crippen LogP contribution is -2.35. The van der Waals surface area contributed by atoms with Crippen LogP contribution in [0.4, 0.5) is 0 Å². The van der Waals surface area contributed by atoms with Crippen molar-refractivity contribution in [2.75, 3.05) is 0 Å². The molecule has 0 bridgehead atoms. The molecule has 2 aromatic rings. The second-order valence-electron chi connectivity index (χ2n) is 7.04. The highest BCUT2D eigenvalue weighted by molar-refractivity contribution is 6.30. The molecule has 4 nitrogen and oxygen atoms in total.